The standard InChI is InChI=1S/C9H18O2.Li/c1-3-4-5-6-7-8(2)9(10)11;/h8H,3-7H2,1-2H3,(H,10,11);/q;+1/p-1. The molecule has 0 aromatic carbocycles. The zero-order valence-electron chi connectivity index (χ0n) is 8.43. The average molecular weight is 164 g/mol. The molecular formula is C9H17LiO2. The smallest absolute Gasteiger partial charge is 0.550 e. The molecule has 3 heteroatoms. The third-order valence-electron chi connectivity index (χ3n) is 1.89. The van der Waals surface area contributed by atoms with Crippen molar-refractivity contribution in [2.24, 2.45) is 5.92 Å². The van der Waals surface area contributed by atoms with Crippen molar-refractivity contribution in [2.45, 2.75) is 46.0 Å². The summed E-state index contributed by atoms with van der Waals surface area (Å²) in [5, 5.41) is 10.3. The minimum atomic E-state index is -0.915. The first-order valence-corrected chi connectivity index (χ1v) is 4.39. The van der Waals surface area contributed by atoms with Crippen molar-refractivity contribution in [2.75, 3.05) is 0 Å². The van der Waals surface area contributed by atoms with Gasteiger partial charge in [0.2, 0.25) is 0 Å². The molecule has 1 unspecified atom stereocenters. The molecule has 0 aliphatic heterocycles. The number of carboxylic acid groups (broad SMARTS) is 1. The summed E-state index contributed by atoms with van der Waals surface area (Å²) in [5.74, 6) is -1.19. The van der Waals surface area contributed by atoms with E-state index in [1.807, 2.05) is 0 Å². The molecule has 0 heterocycles. The molecule has 0 amide bonds. The Morgan fingerprint density at radius 2 is 1.92 bits per heavy atom. The molecule has 12 heavy (non-hydrogen) atoms. The number of hydrogen-bond donors (Lipinski definition) is 0. The summed E-state index contributed by atoms with van der Waals surface area (Å²) in [7, 11) is 0. The maximum absolute atomic E-state index is 10.3. The third kappa shape index (κ3) is 8.17. The van der Waals surface area contributed by atoms with E-state index < -0.39 is 5.97 Å². The maximum atomic E-state index is 10.3. The fraction of sp³-hybridized carbons (Fsp3) is 0.889. The molecule has 0 saturated heterocycles. The summed E-state index contributed by atoms with van der Waals surface area (Å²) >= 11 is 0. The van der Waals surface area contributed by atoms with E-state index in [1.165, 1.54) is 12.8 Å². The molecule has 1 atom stereocenters. The first kappa shape index (κ1) is 14.6. The van der Waals surface area contributed by atoms with E-state index in [0.717, 1.165) is 19.3 Å². The van der Waals surface area contributed by atoms with Gasteiger partial charge in [0.15, 0.2) is 0 Å². The molecule has 0 rings (SSSR count). The van der Waals surface area contributed by atoms with Crippen molar-refractivity contribution in [1.82, 2.24) is 0 Å². The van der Waals surface area contributed by atoms with E-state index in [9.17, 15) is 9.90 Å². The van der Waals surface area contributed by atoms with Crippen LogP contribution in [0.25, 0.3) is 0 Å². The first-order chi connectivity index (χ1) is 5.18. The van der Waals surface area contributed by atoms with Crippen molar-refractivity contribution in [3.05, 3.63) is 0 Å². The summed E-state index contributed by atoms with van der Waals surface area (Å²) in [4.78, 5) is 10.3. The van der Waals surface area contributed by atoms with E-state index in [2.05, 4.69) is 6.92 Å². The first-order valence-electron chi connectivity index (χ1n) is 4.39. The predicted octanol–water partition coefficient (Wildman–Crippen LogP) is -1.65. The molecule has 0 aliphatic carbocycles. The SMILES string of the molecule is CCCCCCC(C)C(=O)[O-].[Li+]. The van der Waals surface area contributed by atoms with Crippen LogP contribution in [0.4, 0.5) is 0 Å². The van der Waals surface area contributed by atoms with Gasteiger partial charge in [0, 0.05) is 5.97 Å². The topological polar surface area (TPSA) is 40.1 Å². The number of hydrogen-bond acceptors (Lipinski definition) is 2. The van der Waals surface area contributed by atoms with Gasteiger partial charge in [0.25, 0.3) is 0 Å². The number of carbonyl (C=O) groups is 1. The predicted molar refractivity (Wildman–Crippen MR) is 42.9 cm³/mol. The van der Waals surface area contributed by atoms with E-state index >= 15 is 0 Å². The van der Waals surface area contributed by atoms with Crippen LogP contribution >= 0.6 is 0 Å². The Bertz CT molecular complexity index is 115. The van der Waals surface area contributed by atoms with Crippen LogP contribution in [0.2, 0.25) is 0 Å². The van der Waals surface area contributed by atoms with Crippen molar-refractivity contribution in [3.63, 3.8) is 0 Å². The van der Waals surface area contributed by atoms with Crippen LogP contribution in [0, 0.1) is 5.92 Å². The number of carboxylic acids is 1. The summed E-state index contributed by atoms with van der Waals surface area (Å²) in [6, 6.07) is 0. The molecule has 0 fully saturated rings. The van der Waals surface area contributed by atoms with Gasteiger partial charge in [-0.3, -0.25) is 0 Å². The molecule has 0 spiro atoms. The molecular weight excluding hydrogens is 147 g/mol. The summed E-state index contributed by atoms with van der Waals surface area (Å²) in [6.45, 7) is 3.85. The van der Waals surface area contributed by atoms with Crippen molar-refractivity contribution in [3.8, 4) is 0 Å². The van der Waals surface area contributed by atoms with Gasteiger partial charge in [-0.2, -0.15) is 0 Å². The zero-order chi connectivity index (χ0) is 8.69. The van der Waals surface area contributed by atoms with E-state index in [-0.39, 0.29) is 24.8 Å². The van der Waals surface area contributed by atoms with Gasteiger partial charge in [-0.25, -0.2) is 0 Å². The van der Waals surface area contributed by atoms with Gasteiger partial charge in [0.05, 0.1) is 0 Å². The summed E-state index contributed by atoms with van der Waals surface area (Å²) in [6.07, 6.45) is 5.33. The van der Waals surface area contributed by atoms with Gasteiger partial charge in [-0.1, -0.05) is 39.5 Å². The number of aliphatic carboxylic acids is 1. The van der Waals surface area contributed by atoms with Gasteiger partial charge in [0.1, 0.15) is 0 Å². The van der Waals surface area contributed by atoms with Crippen LogP contribution < -0.4 is 24.0 Å². The average Bonchev–Trinajstić information content (AvgIpc) is 1.97. The molecule has 0 aromatic rings. The maximum Gasteiger partial charge on any atom is 1.00 e. The quantitative estimate of drug-likeness (QED) is 0.348. The van der Waals surface area contributed by atoms with Crippen LogP contribution in [0.5, 0.6) is 0 Å². The molecule has 0 N–H and O–H groups in total. The van der Waals surface area contributed by atoms with E-state index in [1.54, 1.807) is 6.92 Å². The molecule has 2 nitrogen and oxygen atoms in total. The van der Waals surface area contributed by atoms with Crippen molar-refractivity contribution >= 4 is 5.97 Å². The van der Waals surface area contributed by atoms with Crippen molar-refractivity contribution < 1.29 is 28.8 Å². The second-order valence-corrected chi connectivity index (χ2v) is 3.07. The van der Waals surface area contributed by atoms with Crippen LogP contribution in [0.3, 0.4) is 0 Å². The van der Waals surface area contributed by atoms with Gasteiger partial charge in [-0.05, 0) is 12.3 Å². The minimum Gasteiger partial charge on any atom is -0.550 e. The van der Waals surface area contributed by atoms with Crippen LogP contribution in [0.15, 0.2) is 0 Å². The molecule has 0 aromatic heterocycles. The number of carbonyl (C=O) groups excluding carboxylic acids is 1. The Kier molecular flexibility index (Phi) is 11.1. The minimum absolute atomic E-state index is 0. The normalized spacial score (nSPS) is 11.8. The number of rotatable bonds is 6. The van der Waals surface area contributed by atoms with Gasteiger partial charge >= 0.3 is 18.9 Å². The van der Waals surface area contributed by atoms with Gasteiger partial charge in [-0.15, -0.1) is 0 Å². The molecule has 66 valence electrons. The van der Waals surface area contributed by atoms with Crippen LogP contribution in [-0.2, 0) is 4.79 Å². The Morgan fingerprint density at radius 3 is 2.33 bits per heavy atom. The van der Waals surface area contributed by atoms with E-state index in [4.69, 9.17) is 0 Å². The molecule has 0 saturated carbocycles. The fourth-order valence-electron chi connectivity index (χ4n) is 0.995. The molecule has 0 aliphatic rings. The van der Waals surface area contributed by atoms with Crippen LogP contribution in [-0.4, -0.2) is 5.97 Å². The van der Waals surface area contributed by atoms with Gasteiger partial charge < -0.3 is 9.90 Å². The van der Waals surface area contributed by atoms with E-state index in [0.29, 0.717) is 0 Å². The van der Waals surface area contributed by atoms with Crippen molar-refractivity contribution in [1.29, 1.82) is 0 Å². The second kappa shape index (κ2) is 9.16. The molecule has 0 radical (unpaired) electrons. The summed E-state index contributed by atoms with van der Waals surface area (Å²) in [5.41, 5.74) is 0. The molecule has 0 bridgehead atoms. The third-order valence-corrected chi connectivity index (χ3v) is 1.89. The summed E-state index contributed by atoms with van der Waals surface area (Å²) < 4.78 is 0. The monoisotopic (exact) mass is 164 g/mol. The fourth-order valence-corrected chi connectivity index (χ4v) is 0.995. The Morgan fingerprint density at radius 1 is 1.33 bits per heavy atom. The Balaban J connectivity index is 0. The zero-order valence-corrected chi connectivity index (χ0v) is 8.43. The largest absolute Gasteiger partial charge is 1.00 e. The second-order valence-electron chi connectivity index (χ2n) is 3.07. The Hall–Kier alpha value is 0.0674. The Labute approximate surface area is 86.9 Å². The van der Waals surface area contributed by atoms with Crippen LogP contribution in [0.1, 0.15) is 46.0 Å². The number of unbranched alkanes of at least 4 members (excludes halogenated alkanes) is 3.